The standard InChI is InChI=1S/C12H19N3O2S2/c1-12(2,3)15-19(16,17)14-10-6-4-9(5-7-10)8-11(13)18/h4-7,14-15H,8H2,1-3H3,(H2,13,18). The molecular formula is C12H19N3O2S2. The minimum Gasteiger partial charge on any atom is -0.393 e. The molecule has 5 nitrogen and oxygen atoms in total. The molecule has 0 fully saturated rings. The van der Waals surface area contributed by atoms with Gasteiger partial charge in [0.05, 0.1) is 4.99 Å². The van der Waals surface area contributed by atoms with E-state index in [2.05, 4.69) is 9.44 Å². The Balaban J connectivity index is 2.75. The number of nitrogens with one attached hydrogen (secondary N) is 2. The summed E-state index contributed by atoms with van der Waals surface area (Å²) in [4.78, 5) is 0.405. The van der Waals surface area contributed by atoms with E-state index in [1.807, 2.05) is 0 Å². The quantitative estimate of drug-likeness (QED) is 0.721. The summed E-state index contributed by atoms with van der Waals surface area (Å²) in [6.45, 7) is 5.33. The number of hydrogen-bond acceptors (Lipinski definition) is 3. The van der Waals surface area contributed by atoms with Crippen molar-refractivity contribution in [2.45, 2.75) is 32.7 Å². The Bertz CT molecular complexity index is 545. The maximum absolute atomic E-state index is 11.8. The summed E-state index contributed by atoms with van der Waals surface area (Å²) in [5.74, 6) is 0. The van der Waals surface area contributed by atoms with E-state index in [1.165, 1.54) is 0 Å². The molecule has 0 spiro atoms. The van der Waals surface area contributed by atoms with Gasteiger partial charge in [-0.2, -0.15) is 13.1 Å². The molecule has 0 saturated carbocycles. The third-order valence-corrected chi connectivity index (χ3v) is 3.55. The highest BCUT2D eigenvalue weighted by molar-refractivity contribution is 7.90. The van der Waals surface area contributed by atoms with Gasteiger partial charge in [-0.05, 0) is 38.5 Å². The van der Waals surface area contributed by atoms with Crippen LogP contribution in [0.2, 0.25) is 0 Å². The molecule has 0 amide bonds. The van der Waals surface area contributed by atoms with Gasteiger partial charge in [-0.15, -0.1) is 0 Å². The van der Waals surface area contributed by atoms with Crippen LogP contribution in [0, 0.1) is 0 Å². The van der Waals surface area contributed by atoms with Crippen LogP contribution in [-0.4, -0.2) is 18.9 Å². The van der Waals surface area contributed by atoms with Gasteiger partial charge in [0.15, 0.2) is 0 Å². The lowest BCUT2D eigenvalue weighted by Crippen LogP contribution is -2.43. The molecule has 0 radical (unpaired) electrons. The monoisotopic (exact) mass is 301 g/mol. The van der Waals surface area contributed by atoms with Crippen LogP contribution in [0.3, 0.4) is 0 Å². The van der Waals surface area contributed by atoms with E-state index in [-0.39, 0.29) is 0 Å². The van der Waals surface area contributed by atoms with Crippen LogP contribution in [0.25, 0.3) is 0 Å². The van der Waals surface area contributed by atoms with Crippen LogP contribution in [0.4, 0.5) is 5.69 Å². The summed E-state index contributed by atoms with van der Waals surface area (Å²) in [7, 11) is -3.58. The van der Waals surface area contributed by atoms with E-state index in [0.717, 1.165) is 5.56 Å². The molecule has 0 heterocycles. The van der Waals surface area contributed by atoms with Crippen LogP contribution in [0.1, 0.15) is 26.3 Å². The molecule has 7 heteroatoms. The molecule has 1 aromatic carbocycles. The normalized spacial score (nSPS) is 12.2. The average molecular weight is 301 g/mol. The van der Waals surface area contributed by atoms with Crippen molar-refractivity contribution in [1.82, 2.24) is 4.72 Å². The Hall–Kier alpha value is -1.18. The van der Waals surface area contributed by atoms with E-state index < -0.39 is 15.7 Å². The summed E-state index contributed by atoms with van der Waals surface area (Å²) in [5.41, 5.74) is 6.35. The molecular weight excluding hydrogens is 282 g/mol. The highest BCUT2D eigenvalue weighted by Crippen LogP contribution is 2.12. The van der Waals surface area contributed by atoms with Gasteiger partial charge in [0.25, 0.3) is 10.2 Å². The highest BCUT2D eigenvalue weighted by atomic mass is 32.2. The van der Waals surface area contributed by atoms with Crippen LogP contribution >= 0.6 is 12.2 Å². The van der Waals surface area contributed by atoms with Gasteiger partial charge in [-0.25, -0.2) is 0 Å². The van der Waals surface area contributed by atoms with E-state index in [9.17, 15) is 8.42 Å². The maximum atomic E-state index is 11.8. The van der Waals surface area contributed by atoms with E-state index in [0.29, 0.717) is 17.1 Å². The van der Waals surface area contributed by atoms with Crippen molar-refractivity contribution in [2.75, 3.05) is 4.72 Å². The molecule has 0 unspecified atom stereocenters. The van der Waals surface area contributed by atoms with Gasteiger partial charge in [-0.1, -0.05) is 24.4 Å². The Morgan fingerprint density at radius 3 is 2.21 bits per heavy atom. The second kappa shape index (κ2) is 5.85. The summed E-state index contributed by atoms with van der Waals surface area (Å²) < 4.78 is 28.6. The molecule has 1 rings (SSSR count). The molecule has 1 aromatic rings. The molecule has 0 aliphatic heterocycles. The van der Waals surface area contributed by atoms with Gasteiger partial charge in [0.2, 0.25) is 0 Å². The predicted octanol–water partition coefficient (Wildman–Crippen LogP) is 1.56. The first kappa shape index (κ1) is 15.9. The van der Waals surface area contributed by atoms with E-state index >= 15 is 0 Å². The second-order valence-corrected chi connectivity index (χ2v) is 7.24. The maximum Gasteiger partial charge on any atom is 0.299 e. The Kier molecular flexibility index (Phi) is 4.89. The highest BCUT2D eigenvalue weighted by Gasteiger charge is 2.19. The fourth-order valence-corrected chi connectivity index (χ4v) is 2.95. The first-order valence-electron chi connectivity index (χ1n) is 5.76. The number of benzene rings is 1. The molecule has 19 heavy (non-hydrogen) atoms. The molecule has 0 aromatic heterocycles. The zero-order chi connectivity index (χ0) is 14.7. The lowest BCUT2D eigenvalue weighted by Gasteiger charge is -2.20. The molecule has 0 atom stereocenters. The molecule has 106 valence electrons. The van der Waals surface area contributed by atoms with Crippen molar-refractivity contribution in [3.8, 4) is 0 Å². The second-order valence-electron chi connectivity index (χ2n) is 5.30. The number of rotatable bonds is 5. The Labute approximate surface area is 119 Å². The Morgan fingerprint density at radius 1 is 1.26 bits per heavy atom. The zero-order valence-electron chi connectivity index (χ0n) is 11.2. The van der Waals surface area contributed by atoms with Gasteiger partial charge >= 0.3 is 0 Å². The fraction of sp³-hybridized carbons (Fsp3) is 0.417. The molecule has 0 aliphatic rings. The number of anilines is 1. The van der Waals surface area contributed by atoms with Gasteiger partial charge in [0.1, 0.15) is 0 Å². The SMILES string of the molecule is CC(C)(C)NS(=O)(=O)Nc1ccc(CC(N)=S)cc1. The molecule has 0 aliphatic carbocycles. The molecule has 4 N–H and O–H groups in total. The molecule has 0 saturated heterocycles. The van der Waals surface area contributed by atoms with Crippen LogP contribution in [0.5, 0.6) is 0 Å². The smallest absolute Gasteiger partial charge is 0.299 e. The van der Waals surface area contributed by atoms with Crippen LogP contribution in [0.15, 0.2) is 24.3 Å². The average Bonchev–Trinajstić information content (AvgIpc) is 2.15. The van der Waals surface area contributed by atoms with Crippen molar-refractivity contribution in [1.29, 1.82) is 0 Å². The lowest BCUT2D eigenvalue weighted by atomic mass is 10.1. The van der Waals surface area contributed by atoms with Crippen molar-refractivity contribution >= 4 is 33.1 Å². The zero-order valence-corrected chi connectivity index (χ0v) is 12.9. The predicted molar refractivity (Wildman–Crippen MR) is 82.4 cm³/mol. The first-order chi connectivity index (χ1) is 8.57. The van der Waals surface area contributed by atoms with Crippen LogP contribution < -0.4 is 15.2 Å². The number of nitrogens with two attached hydrogens (primary N) is 1. The summed E-state index contributed by atoms with van der Waals surface area (Å²) in [6, 6.07) is 6.92. The molecule has 0 bridgehead atoms. The van der Waals surface area contributed by atoms with Gasteiger partial charge < -0.3 is 5.73 Å². The third kappa shape index (κ3) is 6.51. The minimum absolute atomic E-state index is 0.405. The van der Waals surface area contributed by atoms with Crippen molar-refractivity contribution in [3.63, 3.8) is 0 Å². The minimum atomic E-state index is -3.58. The van der Waals surface area contributed by atoms with Gasteiger partial charge in [-0.3, -0.25) is 4.72 Å². The van der Waals surface area contributed by atoms with Crippen molar-refractivity contribution in [3.05, 3.63) is 29.8 Å². The number of hydrogen-bond donors (Lipinski definition) is 3. The summed E-state index contributed by atoms with van der Waals surface area (Å²) in [6.07, 6.45) is 0.503. The van der Waals surface area contributed by atoms with E-state index in [1.54, 1.807) is 45.0 Å². The van der Waals surface area contributed by atoms with Gasteiger partial charge in [0, 0.05) is 17.6 Å². The van der Waals surface area contributed by atoms with Crippen LogP contribution in [-0.2, 0) is 16.6 Å². The lowest BCUT2D eigenvalue weighted by molar-refractivity contribution is 0.494. The largest absolute Gasteiger partial charge is 0.393 e. The Morgan fingerprint density at radius 2 is 1.79 bits per heavy atom. The summed E-state index contributed by atoms with van der Waals surface area (Å²) >= 11 is 4.81. The number of thiocarbonyl (C=S) groups is 1. The van der Waals surface area contributed by atoms with E-state index in [4.69, 9.17) is 18.0 Å². The fourth-order valence-electron chi connectivity index (χ4n) is 1.48. The topological polar surface area (TPSA) is 84.2 Å². The first-order valence-corrected chi connectivity index (χ1v) is 7.65. The van der Waals surface area contributed by atoms with Crippen molar-refractivity contribution < 1.29 is 8.42 Å². The van der Waals surface area contributed by atoms with Crippen molar-refractivity contribution in [2.24, 2.45) is 5.73 Å². The third-order valence-electron chi connectivity index (χ3n) is 2.03. The summed E-state index contributed by atoms with van der Waals surface area (Å²) in [5, 5.41) is 0.